The van der Waals surface area contributed by atoms with E-state index in [1.165, 1.54) is 6.07 Å². The van der Waals surface area contributed by atoms with Crippen LogP contribution in [0.5, 0.6) is 0 Å². The molecule has 2 saturated heterocycles. The standard InChI is InChI=1S/C24H29F3N6O3/c25-24(26,27)21-17-19(1-2-22(21)33(35)36)29-18-5-11-32(12-6-18)23(34)7-10-30-13-15-31(16-14-30)20-3-8-28-9-4-20/h1-4,8-9,17-18,29H,5-7,10-16H2. The van der Waals surface area contributed by atoms with Crippen LogP contribution in [0.4, 0.5) is 30.2 Å². The number of hydrogen-bond acceptors (Lipinski definition) is 7. The molecule has 194 valence electrons. The minimum atomic E-state index is -4.82. The summed E-state index contributed by atoms with van der Waals surface area (Å²) in [5.74, 6) is 0.0831. The number of halogens is 3. The van der Waals surface area contributed by atoms with Crippen molar-refractivity contribution in [2.45, 2.75) is 31.5 Å². The van der Waals surface area contributed by atoms with E-state index in [0.29, 0.717) is 38.9 Å². The third kappa shape index (κ3) is 6.42. The van der Waals surface area contributed by atoms with E-state index in [1.807, 2.05) is 17.0 Å². The molecule has 0 unspecified atom stereocenters. The second-order valence-electron chi connectivity index (χ2n) is 9.07. The summed E-state index contributed by atoms with van der Waals surface area (Å²) in [6.07, 6.45) is 0.366. The van der Waals surface area contributed by atoms with Gasteiger partial charge in [-0.1, -0.05) is 0 Å². The maximum atomic E-state index is 13.2. The number of carbonyl (C=O) groups excluding carboxylic acids is 1. The summed E-state index contributed by atoms with van der Waals surface area (Å²) in [5.41, 5.74) is -0.900. The van der Waals surface area contributed by atoms with Gasteiger partial charge < -0.3 is 15.1 Å². The molecule has 9 nitrogen and oxygen atoms in total. The SMILES string of the molecule is O=C(CCN1CCN(c2ccncc2)CC1)N1CCC(Nc2ccc([N+](=O)[O-])c(C(F)(F)F)c2)CC1. The van der Waals surface area contributed by atoms with E-state index in [2.05, 4.69) is 20.1 Å². The van der Waals surface area contributed by atoms with Crippen molar-refractivity contribution in [3.63, 3.8) is 0 Å². The molecule has 12 heteroatoms. The van der Waals surface area contributed by atoms with Crippen LogP contribution in [0.25, 0.3) is 0 Å². The average molecular weight is 507 g/mol. The van der Waals surface area contributed by atoms with Crippen LogP contribution in [-0.2, 0) is 11.0 Å². The van der Waals surface area contributed by atoms with Crippen molar-refractivity contribution >= 4 is 23.0 Å². The summed E-state index contributed by atoms with van der Waals surface area (Å²) < 4.78 is 39.7. The molecule has 0 bridgehead atoms. The van der Waals surface area contributed by atoms with Crippen molar-refractivity contribution in [3.8, 4) is 0 Å². The molecule has 2 fully saturated rings. The number of aromatic nitrogens is 1. The van der Waals surface area contributed by atoms with E-state index < -0.39 is 22.4 Å². The Hall–Kier alpha value is -3.41. The number of anilines is 2. The lowest BCUT2D eigenvalue weighted by atomic mass is 10.0. The predicted octanol–water partition coefficient (Wildman–Crippen LogP) is 3.62. The lowest BCUT2D eigenvalue weighted by Gasteiger charge is -2.37. The quantitative estimate of drug-likeness (QED) is 0.453. The van der Waals surface area contributed by atoms with Crippen LogP contribution in [0.1, 0.15) is 24.8 Å². The molecule has 0 radical (unpaired) electrons. The Bertz CT molecular complexity index is 1050. The Morgan fingerprint density at radius 2 is 1.72 bits per heavy atom. The average Bonchev–Trinajstić information content (AvgIpc) is 2.88. The second-order valence-corrected chi connectivity index (χ2v) is 9.07. The number of hydrogen-bond donors (Lipinski definition) is 1. The fraction of sp³-hybridized carbons (Fsp3) is 0.500. The lowest BCUT2D eigenvalue weighted by molar-refractivity contribution is -0.388. The van der Waals surface area contributed by atoms with Crippen molar-refractivity contribution in [1.29, 1.82) is 0 Å². The summed E-state index contributed by atoms with van der Waals surface area (Å²) in [6, 6.07) is 6.82. The molecule has 2 aliphatic rings. The number of amides is 1. The van der Waals surface area contributed by atoms with Gasteiger partial charge in [0.05, 0.1) is 4.92 Å². The summed E-state index contributed by atoms with van der Waals surface area (Å²) in [5, 5.41) is 14.0. The van der Waals surface area contributed by atoms with E-state index in [0.717, 1.165) is 44.0 Å². The molecule has 1 aromatic heterocycles. The van der Waals surface area contributed by atoms with E-state index in [-0.39, 0.29) is 17.6 Å². The Labute approximate surface area is 207 Å². The molecule has 0 spiro atoms. The highest BCUT2D eigenvalue weighted by Crippen LogP contribution is 2.37. The number of piperidine rings is 1. The number of alkyl halides is 3. The third-order valence-electron chi connectivity index (χ3n) is 6.76. The van der Waals surface area contributed by atoms with Gasteiger partial charge in [-0.15, -0.1) is 0 Å². The fourth-order valence-corrected chi connectivity index (χ4v) is 4.72. The Morgan fingerprint density at radius 1 is 1.06 bits per heavy atom. The van der Waals surface area contributed by atoms with E-state index >= 15 is 0 Å². The monoisotopic (exact) mass is 506 g/mol. The first kappa shape index (κ1) is 25.7. The number of nitrogens with one attached hydrogen (secondary N) is 1. The Kier molecular flexibility index (Phi) is 7.92. The van der Waals surface area contributed by atoms with Crippen LogP contribution in [0.15, 0.2) is 42.7 Å². The fourth-order valence-electron chi connectivity index (χ4n) is 4.72. The highest BCUT2D eigenvalue weighted by atomic mass is 19.4. The van der Waals surface area contributed by atoms with Crippen LogP contribution in [0, 0.1) is 10.1 Å². The van der Waals surface area contributed by atoms with Gasteiger partial charge in [-0.3, -0.25) is 24.8 Å². The summed E-state index contributed by atoms with van der Waals surface area (Å²) in [7, 11) is 0. The molecule has 0 saturated carbocycles. The zero-order valence-corrected chi connectivity index (χ0v) is 19.8. The Balaban J connectivity index is 1.21. The molecular formula is C24H29F3N6O3. The largest absolute Gasteiger partial charge is 0.423 e. The molecule has 4 rings (SSSR count). The molecule has 2 aromatic rings. The van der Waals surface area contributed by atoms with E-state index in [4.69, 9.17) is 0 Å². The van der Waals surface area contributed by atoms with Crippen LogP contribution >= 0.6 is 0 Å². The normalized spacial score (nSPS) is 17.8. The molecule has 1 aromatic carbocycles. The lowest BCUT2D eigenvalue weighted by Crippen LogP contribution is -2.48. The van der Waals surface area contributed by atoms with Gasteiger partial charge in [-0.25, -0.2) is 0 Å². The van der Waals surface area contributed by atoms with Crippen LogP contribution in [0.2, 0.25) is 0 Å². The van der Waals surface area contributed by atoms with Gasteiger partial charge in [0.15, 0.2) is 0 Å². The van der Waals surface area contributed by atoms with Crippen LogP contribution < -0.4 is 10.2 Å². The van der Waals surface area contributed by atoms with E-state index in [1.54, 1.807) is 12.4 Å². The molecule has 0 aliphatic carbocycles. The molecular weight excluding hydrogens is 477 g/mol. The highest BCUT2D eigenvalue weighted by Gasteiger charge is 2.38. The maximum absolute atomic E-state index is 13.2. The number of benzene rings is 1. The van der Waals surface area contributed by atoms with Crippen molar-refractivity contribution in [2.75, 3.05) is 56.0 Å². The van der Waals surface area contributed by atoms with Crippen LogP contribution in [0.3, 0.4) is 0 Å². The maximum Gasteiger partial charge on any atom is 0.423 e. The number of nitrogens with zero attached hydrogens (tertiary/aromatic N) is 5. The summed E-state index contributed by atoms with van der Waals surface area (Å²) in [6.45, 7) is 5.30. The zero-order valence-electron chi connectivity index (χ0n) is 19.8. The highest BCUT2D eigenvalue weighted by molar-refractivity contribution is 5.76. The number of carbonyl (C=O) groups is 1. The molecule has 2 aliphatic heterocycles. The van der Waals surface area contributed by atoms with Gasteiger partial charge in [0, 0.05) is 88.1 Å². The number of nitro groups is 1. The van der Waals surface area contributed by atoms with Gasteiger partial charge in [0.25, 0.3) is 5.69 Å². The minimum absolute atomic E-state index is 0.0831. The first-order chi connectivity index (χ1) is 17.2. The van der Waals surface area contributed by atoms with Gasteiger partial charge in [0.2, 0.25) is 5.91 Å². The predicted molar refractivity (Wildman–Crippen MR) is 129 cm³/mol. The minimum Gasteiger partial charge on any atom is -0.382 e. The first-order valence-electron chi connectivity index (χ1n) is 12.0. The van der Waals surface area contributed by atoms with Crippen molar-refractivity contribution in [1.82, 2.24) is 14.8 Å². The zero-order chi connectivity index (χ0) is 25.7. The third-order valence-corrected chi connectivity index (χ3v) is 6.76. The molecule has 36 heavy (non-hydrogen) atoms. The number of rotatable bonds is 7. The van der Waals surface area contributed by atoms with Gasteiger partial charge >= 0.3 is 6.18 Å². The van der Waals surface area contributed by atoms with Crippen molar-refractivity contribution in [3.05, 3.63) is 58.4 Å². The van der Waals surface area contributed by atoms with Gasteiger partial charge in [-0.2, -0.15) is 13.2 Å². The van der Waals surface area contributed by atoms with E-state index in [9.17, 15) is 28.1 Å². The van der Waals surface area contributed by atoms with Gasteiger partial charge in [0.1, 0.15) is 5.56 Å². The van der Waals surface area contributed by atoms with Crippen molar-refractivity contribution in [2.24, 2.45) is 0 Å². The number of pyridine rings is 1. The second kappa shape index (κ2) is 11.1. The van der Waals surface area contributed by atoms with Crippen molar-refractivity contribution < 1.29 is 22.9 Å². The number of piperazine rings is 1. The molecule has 1 N–H and O–H groups in total. The first-order valence-corrected chi connectivity index (χ1v) is 12.0. The molecule has 0 atom stereocenters. The topological polar surface area (TPSA) is 94.9 Å². The number of likely N-dealkylation sites (tertiary alicyclic amines) is 1. The molecule has 3 heterocycles. The molecule has 1 amide bonds. The summed E-state index contributed by atoms with van der Waals surface area (Å²) in [4.78, 5) is 33.1. The summed E-state index contributed by atoms with van der Waals surface area (Å²) >= 11 is 0. The van der Waals surface area contributed by atoms with Gasteiger partial charge in [-0.05, 0) is 37.1 Å². The van der Waals surface area contributed by atoms with Crippen LogP contribution in [-0.4, -0.2) is 77.5 Å². The number of nitro benzene ring substituents is 1. The smallest absolute Gasteiger partial charge is 0.382 e. The Morgan fingerprint density at radius 3 is 2.33 bits per heavy atom.